The molecule has 1 aromatic heterocycles. The van der Waals surface area contributed by atoms with Gasteiger partial charge in [0.2, 0.25) is 0 Å². The van der Waals surface area contributed by atoms with Crippen molar-refractivity contribution in [3.63, 3.8) is 0 Å². The molecule has 0 radical (unpaired) electrons. The van der Waals surface area contributed by atoms with Crippen molar-refractivity contribution in [2.24, 2.45) is 5.92 Å². The summed E-state index contributed by atoms with van der Waals surface area (Å²) in [7, 11) is 1.89. The second-order valence-corrected chi connectivity index (χ2v) is 6.45. The second-order valence-electron chi connectivity index (χ2n) is 6.45. The molecule has 3 heteroatoms. The standard InChI is InChI=1S/C18H23NO2/c1-10-6-7-11(2)16-15(10)12(3)17(21-16)18(20)19(5)13(4)14-8-9-14/h6-7,13-14H,8-9H2,1-5H3/t13-/m0/s1. The molecule has 0 saturated heterocycles. The zero-order valence-corrected chi connectivity index (χ0v) is 13.5. The van der Waals surface area contributed by atoms with Gasteiger partial charge >= 0.3 is 0 Å². The summed E-state index contributed by atoms with van der Waals surface area (Å²) in [5.74, 6) is 1.16. The van der Waals surface area contributed by atoms with Crippen LogP contribution in [0.4, 0.5) is 0 Å². The van der Waals surface area contributed by atoms with Gasteiger partial charge in [0.1, 0.15) is 5.58 Å². The first kappa shape index (κ1) is 14.2. The molecule has 0 N–H and O–H groups in total. The van der Waals surface area contributed by atoms with Crippen molar-refractivity contribution in [1.29, 1.82) is 0 Å². The molecule has 3 rings (SSSR count). The number of nitrogens with zero attached hydrogens (tertiary/aromatic N) is 1. The number of fused-ring (bicyclic) bond motifs is 1. The molecular formula is C18H23NO2. The van der Waals surface area contributed by atoms with Crippen molar-refractivity contribution < 1.29 is 9.21 Å². The van der Waals surface area contributed by atoms with E-state index in [1.54, 1.807) is 0 Å². The van der Waals surface area contributed by atoms with Gasteiger partial charge in [0.25, 0.3) is 5.91 Å². The molecule has 0 spiro atoms. The lowest BCUT2D eigenvalue weighted by atomic mass is 10.0. The Morgan fingerprint density at radius 2 is 1.86 bits per heavy atom. The molecule has 1 amide bonds. The van der Waals surface area contributed by atoms with E-state index in [-0.39, 0.29) is 11.9 Å². The minimum Gasteiger partial charge on any atom is -0.450 e. The number of amides is 1. The van der Waals surface area contributed by atoms with Gasteiger partial charge in [-0.2, -0.15) is 0 Å². The summed E-state index contributed by atoms with van der Waals surface area (Å²) < 4.78 is 5.95. The van der Waals surface area contributed by atoms with Gasteiger partial charge in [-0.15, -0.1) is 0 Å². The lowest BCUT2D eigenvalue weighted by molar-refractivity contribution is 0.0696. The smallest absolute Gasteiger partial charge is 0.289 e. The number of rotatable bonds is 3. The van der Waals surface area contributed by atoms with Gasteiger partial charge in [-0.05, 0) is 57.6 Å². The van der Waals surface area contributed by atoms with Crippen LogP contribution in [0.25, 0.3) is 11.0 Å². The number of aryl methyl sites for hydroxylation is 3. The van der Waals surface area contributed by atoms with Crippen LogP contribution in [-0.4, -0.2) is 23.9 Å². The molecule has 2 aromatic rings. The minimum atomic E-state index is 0.00176. The van der Waals surface area contributed by atoms with E-state index in [2.05, 4.69) is 19.9 Å². The first-order chi connectivity index (χ1) is 9.91. The Kier molecular flexibility index (Phi) is 3.31. The SMILES string of the molecule is Cc1ccc(C)c2c(C)c(C(=O)N(C)[C@@H](C)C3CC3)oc12. The number of hydrogen-bond acceptors (Lipinski definition) is 2. The summed E-state index contributed by atoms with van der Waals surface area (Å²) in [4.78, 5) is 14.6. The van der Waals surface area contributed by atoms with E-state index in [4.69, 9.17) is 4.42 Å². The number of carbonyl (C=O) groups excluding carboxylic acids is 1. The predicted octanol–water partition coefficient (Wildman–Crippen LogP) is 4.23. The van der Waals surface area contributed by atoms with Gasteiger partial charge in [-0.25, -0.2) is 0 Å². The zero-order chi connectivity index (χ0) is 15.3. The van der Waals surface area contributed by atoms with Crippen LogP contribution in [0.3, 0.4) is 0 Å². The van der Waals surface area contributed by atoms with Crippen molar-refractivity contribution in [2.45, 2.75) is 46.6 Å². The number of benzene rings is 1. The average Bonchev–Trinajstić information content (AvgIpc) is 3.24. The van der Waals surface area contributed by atoms with Crippen molar-refractivity contribution >= 4 is 16.9 Å². The molecule has 0 unspecified atom stereocenters. The molecule has 1 saturated carbocycles. The van der Waals surface area contributed by atoms with Gasteiger partial charge in [0.15, 0.2) is 5.76 Å². The van der Waals surface area contributed by atoms with Gasteiger partial charge in [-0.1, -0.05) is 12.1 Å². The van der Waals surface area contributed by atoms with Crippen molar-refractivity contribution in [2.75, 3.05) is 7.05 Å². The molecule has 0 bridgehead atoms. The monoisotopic (exact) mass is 285 g/mol. The number of carbonyl (C=O) groups is 1. The molecule has 1 aromatic carbocycles. The van der Waals surface area contributed by atoms with Gasteiger partial charge < -0.3 is 9.32 Å². The average molecular weight is 285 g/mol. The molecule has 3 nitrogen and oxygen atoms in total. The topological polar surface area (TPSA) is 33.5 Å². The summed E-state index contributed by atoms with van der Waals surface area (Å²) >= 11 is 0. The van der Waals surface area contributed by atoms with E-state index >= 15 is 0 Å². The minimum absolute atomic E-state index is 0.00176. The first-order valence-corrected chi connectivity index (χ1v) is 7.68. The van der Waals surface area contributed by atoms with Crippen LogP contribution in [-0.2, 0) is 0 Å². The van der Waals surface area contributed by atoms with Crippen molar-refractivity contribution in [1.82, 2.24) is 4.90 Å². The zero-order valence-electron chi connectivity index (χ0n) is 13.5. The molecular weight excluding hydrogens is 262 g/mol. The third-order valence-corrected chi connectivity index (χ3v) is 4.91. The van der Waals surface area contributed by atoms with Gasteiger partial charge in [-0.3, -0.25) is 4.79 Å². The molecule has 1 heterocycles. The fraction of sp³-hybridized carbons (Fsp3) is 0.500. The van der Waals surface area contributed by atoms with Crippen LogP contribution in [0.1, 0.15) is 47.0 Å². The lowest BCUT2D eigenvalue weighted by Crippen LogP contribution is -2.36. The van der Waals surface area contributed by atoms with E-state index in [0.29, 0.717) is 11.7 Å². The molecule has 112 valence electrons. The van der Waals surface area contributed by atoms with Gasteiger partial charge in [0, 0.05) is 24.0 Å². The highest BCUT2D eigenvalue weighted by atomic mass is 16.3. The quantitative estimate of drug-likeness (QED) is 0.845. The van der Waals surface area contributed by atoms with Crippen LogP contribution < -0.4 is 0 Å². The molecule has 1 fully saturated rings. The summed E-state index contributed by atoms with van der Waals surface area (Å²) in [6.07, 6.45) is 2.46. The van der Waals surface area contributed by atoms with Crippen LogP contribution in [0.2, 0.25) is 0 Å². The van der Waals surface area contributed by atoms with Crippen LogP contribution in [0.5, 0.6) is 0 Å². The fourth-order valence-corrected chi connectivity index (χ4v) is 3.12. The summed E-state index contributed by atoms with van der Waals surface area (Å²) in [6, 6.07) is 4.42. The maximum Gasteiger partial charge on any atom is 0.289 e. The summed E-state index contributed by atoms with van der Waals surface area (Å²) in [5.41, 5.74) is 4.05. The Labute approximate surface area is 125 Å². The molecule has 1 aliphatic carbocycles. The van der Waals surface area contributed by atoms with E-state index in [0.717, 1.165) is 27.7 Å². The molecule has 1 atom stereocenters. The Balaban J connectivity index is 2.04. The van der Waals surface area contributed by atoms with E-state index in [1.807, 2.05) is 31.9 Å². The van der Waals surface area contributed by atoms with E-state index in [1.165, 1.54) is 12.8 Å². The van der Waals surface area contributed by atoms with Crippen molar-refractivity contribution in [3.8, 4) is 0 Å². The van der Waals surface area contributed by atoms with Crippen molar-refractivity contribution in [3.05, 3.63) is 34.6 Å². The first-order valence-electron chi connectivity index (χ1n) is 7.68. The maximum absolute atomic E-state index is 12.8. The highest BCUT2D eigenvalue weighted by Crippen LogP contribution is 2.36. The summed E-state index contributed by atoms with van der Waals surface area (Å²) in [6.45, 7) is 8.20. The Morgan fingerprint density at radius 3 is 2.43 bits per heavy atom. The second kappa shape index (κ2) is 4.90. The van der Waals surface area contributed by atoms with E-state index < -0.39 is 0 Å². The maximum atomic E-state index is 12.8. The third kappa shape index (κ3) is 2.25. The predicted molar refractivity (Wildman–Crippen MR) is 84.7 cm³/mol. The highest BCUT2D eigenvalue weighted by Gasteiger charge is 2.34. The highest BCUT2D eigenvalue weighted by molar-refractivity contribution is 6.00. The van der Waals surface area contributed by atoms with Crippen LogP contribution in [0, 0.1) is 26.7 Å². The van der Waals surface area contributed by atoms with Crippen LogP contribution in [0.15, 0.2) is 16.5 Å². The number of hydrogen-bond donors (Lipinski definition) is 0. The summed E-state index contributed by atoms with van der Waals surface area (Å²) in [5, 5.41) is 1.09. The van der Waals surface area contributed by atoms with E-state index in [9.17, 15) is 4.79 Å². The molecule has 21 heavy (non-hydrogen) atoms. The fourth-order valence-electron chi connectivity index (χ4n) is 3.12. The van der Waals surface area contributed by atoms with Gasteiger partial charge in [0.05, 0.1) is 0 Å². The Bertz CT molecular complexity index is 710. The normalized spacial score (nSPS) is 16.2. The Hall–Kier alpha value is -1.77. The largest absolute Gasteiger partial charge is 0.450 e. The lowest BCUT2D eigenvalue weighted by Gasteiger charge is -2.24. The van der Waals surface area contributed by atoms with Crippen LogP contribution >= 0.6 is 0 Å². The third-order valence-electron chi connectivity index (χ3n) is 4.91. The molecule has 0 aliphatic heterocycles. The molecule has 1 aliphatic rings. The number of furan rings is 1. The Morgan fingerprint density at radius 1 is 1.24 bits per heavy atom.